The summed E-state index contributed by atoms with van der Waals surface area (Å²) in [6.07, 6.45) is 0.510. The first-order chi connectivity index (χ1) is 7.30. The highest BCUT2D eigenvalue weighted by Gasteiger charge is 2.26. The molecule has 88 valence electrons. The van der Waals surface area contributed by atoms with Crippen molar-refractivity contribution in [2.75, 3.05) is 0 Å². The molecule has 0 saturated carbocycles. The second-order valence-electron chi connectivity index (χ2n) is 5.09. The number of carbonyl (C=O) groups excluding carboxylic acids is 1. The summed E-state index contributed by atoms with van der Waals surface area (Å²) in [4.78, 5) is 11.9. The molecule has 0 bridgehead atoms. The van der Waals surface area contributed by atoms with Crippen LogP contribution in [0.25, 0.3) is 0 Å². The van der Waals surface area contributed by atoms with E-state index in [0.29, 0.717) is 6.42 Å². The lowest BCUT2D eigenvalue weighted by Crippen LogP contribution is -2.40. The minimum absolute atomic E-state index is 0.0561. The Labute approximate surface area is 96.3 Å². The van der Waals surface area contributed by atoms with Crippen LogP contribution in [0.5, 0.6) is 5.75 Å². The molecule has 1 rings (SSSR count). The zero-order valence-electron chi connectivity index (χ0n) is 10.0. The molecular formula is C13H19NO2. The van der Waals surface area contributed by atoms with Crippen LogP contribution in [0, 0.1) is 5.41 Å². The van der Waals surface area contributed by atoms with Gasteiger partial charge in [0.15, 0.2) is 5.78 Å². The van der Waals surface area contributed by atoms with Crippen molar-refractivity contribution in [2.45, 2.75) is 33.2 Å². The third-order valence-corrected chi connectivity index (χ3v) is 2.47. The SMILES string of the molecule is CC(C)(C)C(=O)C(N)Cc1ccc(O)cc1. The number of phenols is 1. The van der Waals surface area contributed by atoms with Gasteiger partial charge in [-0.25, -0.2) is 0 Å². The Kier molecular flexibility index (Phi) is 3.70. The van der Waals surface area contributed by atoms with Crippen molar-refractivity contribution in [1.82, 2.24) is 0 Å². The second kappa shape index (κ2) is 4.66. The van der Waals surface area contributed by atoms with Gasteiger partial charge in [-0.3, -0.25) is 4.79 Å². The number of ketones is 1. The lowest BCUT2D eigenvalue weighted by molar-refractivity contribution is -0.127. The molecule has 3 nitrogen and oxygen atoms in total. The van der Waals surface area contributed by atoms with Crippen molar-refractivity contribution in [2.24, 2.45) is 11.1 Å². The highest BCUT2D eigenvalue weighted by Crippen LogP contribution is 2.18. The van der Waals surface area contributed by atoms with E-state index >= 15 is 0 Å². The first-order valence-corrected chi connectivity index (χ1v) is 5.38. The van der Waals surface area contributed by atoms with E-state index in [9.17, 15) is 4.79 Å². The summed E-state index contributed by atoms with van der Waals surface area (Å²) in [5, 5.41) is 9.13. The number of hydrogen-bond acceptors (Lipinski definition) is 3. The quantitative estimate of drug-likeness (QED) is 0.819. The van der Waals surface area contributed by atoms with Crippen molar-refractivity contribution in [3.05, 3.63) is 29.8 Å². The summed E-state index contributed by atoms with van der Waals surface area (Å²) in [6.45, 7) is 5.60. The molecule has 0 radical (unpaired) electrons. The van der Waals surface area contributed by atoms with E-state index in [2.05, 4.69) is 0 Å². The first-order valence-electron chi connectivity index (χ1n) is 5.38. The summed E-state index contributed by atoms with van der Waals surface area (Å²) < 4.78 is 0. The van der Waals surface area contributed by atoms with Crippen LogP contribution in [0.15, 0.2) is 24.3 Å². The van der Waals surface area contributed by atoms with Crippen LogP contribution in [0.3, 0.4) is 0 Å². The molecule has 0 fully saturated rings. The molecular weight excluding hydrogens is 202 g/mol. The highest BCUT2D eigenvalue weighted by molar-refractivity contribution is 5.88. The van der Waals surface area contributed by atoms with Gasteiger partial charge in [0.2, 0.25) is 0 Å². The topological polar surface area (TPSA) is 63.3 Å². The molecule has 0 saturated heterocycles. The normalized spacial score (nSPS) is 13.5. The number of nitrogens with two attached hydrogens (primary N) is 1. The molecule has 3 N–H and O–H groups in total. The standard InChI is InChI=1S/C13H19NO2/c1-13(2,3)12(16)11(14)8-9-4-6-10(15)7-5-9/h4-7,11,15H,8,14H2,1-3H3. The fraction of sp³-hybridized carbons (Fsp3) is 0.462. The third-order valence-electron chi connectivity index (χ3n) is 2.47. The molecule has 3 heteroatoms. The van der Waals surface area contributed by atoms with E-state index in [1.165, 1.54) is 0 Å². The van der Waals surface area contributed by atoms with Gasteiger partial charge < -0.3 is 10.8 Å². The molecule has 16 heavy (non-hydrogen) atoms. The van der Waals surface area contributed by atoms with E-state index in [-0.39, 0.29) is 11.5 Å². The van der Waals surface area contributed by atoms with Gasteiger partial charge in [-0.2, -0.15) is 0 Å². The molecule has 1 atom stereocenters. The molecule has 0 amide bonds. The average molecular weight is 221 g/mol. The smallest absolute Gasteiger partial charge is 0.155 e. The Morgan fingerprint density at radius 3 is 2.25 bits per heavy atom. The Bertz CT molecular complexity index is 363. The van der Waals surface area contributed by atoms with E-state index < -0.39 is 11.5 Å². The van der Waals surface area contributed by atoms with Crippen LogP contribution in [0.1, 0.15) is 26.3 Å². The zero-order valence-corrected chi connectivity index (χ0v) is 10.0. The predicted octanol–water partition coefficient (Wildman–Crippen LogP) is 1.88. The summed E-state index contributed by atoms with van der Waals surface area (Å²) in [6, 6.07) is 6.29. The predicted molar refractivity (Wildman–Crippen MR) is 64.2 cm³/mol. The van der Waals surface area contributed by atoms with Crippen molar-refractivity contribution in [3.8, 4) is 5.75 Å². The van der Waals surface area contributed by atoms with Gasteiger partial charge in [-0.15, -0.1) is 0 Å². The van der Waals surface area contributed by atoms with Gasteiger partial charge in [0.05, 0.1) is 6.04 Å². The largest absolute Gasteiger partial charge is 0.508 e. The summed E-state index contributed by atoms with van der Waals surface area (Å²) in [5.41, 5.74) is 6.42. The minimum Gasteiger partial charge on any atom is -0.508 e. The molecule has 0 heterocycles. The van der Waals surface area contributed by atoms with Gasteiger partial charge in [0.25, 0.3) is 0 Å². The number of hydrogen-bond donors (Lipinski definition) is 2. The number of rotatable bonds is 3. The maximum absolute atomic E-state index is 11.9. The van der Waals surface area contributed by atoms with Crippen molar-refractivity contribution in [1.29, 1.82) is 0 Å². The van der Waals surface area contributed by atoms with Crippen LogP contribution < -0.4 is 5.73 Å². The average Bonchev–Trinajstić information content (AvgIpc) is 2.19. The molecule has 0 spiro atoms. The fourth-order valence-corrected chi connectivity index (χ4v) is 1.53. The van der Waals surface area contributed by atoms with Gasteiger partial charge in [0.1, 0.15) is 5.75 Å². The van der Waals surface area contributed by atoms with Gasteiger partial charge in [0, 0.05) is 5.41 Å². The minimum atomic E-state index is -0.482. The molecule has 0 aromatic heterocycles. The van der Waals surface area contributed by atoms with Crippen LogP contribution in [0.2, 0.25) is 0 Å². The van der Waals surface area contributed by atoms with E-state index in [4.69, 9.17) is 10.8 Å². The fourth-order valence-electron chi connectivity index (χ4n) is 1.53. The number of carbonyl (C=O) groups is 1. The van der Waals surface area contributed by atoms with Crippen LogP contribution in [-0.4, -0.2) is 16.9 Å². The zero-order chi connectivity index (χ0) is 12.3. The van der Waals surface area contributed by atoms with Crippen molar-refractivity contribution >= 4 is 5.78 Å². The third kappa shape index (κ3) is 3.35. The molecule has 0 aliphatic heterocycles. The Morgan fingerprint density at radius 1 is 1.31 bits per heavy atom. The summed E-state index contributed by atoms with van der Waals surface area (Å²) in [5.74, 6) is 0.278. The van der Waals surface area contributed by atoms with Crippen molar-refractivity contribution in [3.63, 3.8) is 0 Å². The number of benzene rings is 1. The Morgan fingerprint density at radius 2 is 1.81 bits per heavy atom. The van der Waals surface area contributed by atoms with Gasteiger partial charge in [-0.1, -0.05) is 32.9 Å². The first kappa shape index (κ1) is 12.7. The van der Waals surface area contributed by atoms with Crippen molar-refractivity contribution < 1.29 is 9.90 Å². The maximum Gasteiger partial charge on any atom is 0.155 e. The lowest BCUT2D eigenvalue weighted by atomic mass is 9.85. The highest BCUT2D eigenvalue weighted by atomic mass is 16.3. The molecule has 1 aromatic rings. The summed E-state index contributed by atoms with van der Waals surface area (Å²) >= 11 is 0. The summed E-state index contributed by atoms with van der Waals surface area (Å²) in [7, 11) is 0. The van der Waals surface area contributed by atoms with E-state index in [1.807, 2.05) is 20.8 Å². The molecule has 0 aliphatic rings. The second-order valence-corrected chi connectivity index (χ2v) is 5.09. The molecule has 1 aromatic carbocycles. The number of aromatic hydroxyl groups is 1. The van der Waals surface area contributed by atoms with E-state index in [1.54, 1.807) is 24.3 Å². The van der Waals surface area contributed by atoms with Gasteiger partial charge >= 0.3 is 0 Å². The Hall–Kier alpha value is -1.35. The molecule has 0 aliphatic carbocycles. The van der Waals surface area contributed by atoms with Crippen LogP contribution >= 0.6 is 0 Å². The lowest BCUT2D eigenvalue weighted by Gasteiger charge is -2.21. The monoisotopic (exact) mass is 221 g/mol. The number of Topliss-reactive ketones (excluding diaryl/α,β-unsaturated/α-hetero) is 1. The van der Waals surface area contributed by atoms with Crippen LogP contribution in [-0.2, 0) is 11.2 Å². The van der Waals surface area contributed by atoms with E-state index in [0.717, 1.165) is 5.56 Å². The van der Waals surface area contributed by atoms with Gasteiger partial charge in [-0.05, 0) is 24.1 Å². The number of phenolic OH excluding ortho intramolecular Hbond substituents is 1. The Balaban J connectivity index is 2.68. The molecule has 1 unspecified atom stereocenters. The van der Waals surface area contributed by atoms with Crippen LogP contribution in [0.4, 0.5) is 0 Å². The maximum atomic E-state index is 11.9.